The second kappa shape index (κ2) is 20.0. The lowest BCUT2D eigenvalue weighted by atomic mass is 9.59. The Bertz CT molecular complexity index is 2800. The van der Waals surface area contributed by atoms with Gasteiger partial charge in [0.2, 0.25) is 23.6 Å². The van der Waals surface area contributed by atoms with E-state index in [2.05, 4.69) is 25.9 Å². The third-order valence-corrected chi connectivity index (χ3v) is 16.1. The van der Waals surface area contributed by atoms with Crippen molar-refractivity contribution in [1.82, 2.24) is 53.7 Å². The Kier molecular flexibility index (Phi) is 15.0. The van der Waals surface area contributed by atoms with E-state index >= 15 is 28.8 Å². The standard InChI is InChI=1S/C55H79N11O9/c1-32-18-35(4)64(58-32)41(67)16-17-53(13)24-38(21-50(7,8)27-53)42(68)61-47(73)62(43(69)39-22-51(9,10)28-54(14,25-39)30-56-45(71)65-36(5)19-33(2)59-65)49(75)63(48(61)74)44(70)40-23-52(11,12)29-55(15,26-40)31-57-46(72)66-37(6)20-34(3)60-66/h18-20,38-40H,16-17,21-31H2,1-15H3,(H,56,71)(H,57,72). The molecule has 4 aromatic rings. The van der Waals surface area contributed by atoms with Crippen LogP contribution in [-0.4, -0.2) is 91.8 Å². The zero-order valence-corrected chi connectivity index (χ0v) is 46.9. The molecule has 7 rings (SSSR count). The first-order chi connectivity index (χ1) is 34.5. The van der Waals surface area contributed by atoms with Gasteiger partial charge in [0.1, 0.15) is 0 Å². The Hall–Kier alpha value is -6.34. The number of amides is 2. The van der Waals surface area contributed by atoms with Crippen molar-refractivity contribution in [1.29, 1.82) is 0 Å². The molecule has 20 heteroatoms. The van der Waals surface area contributed by atoms with Crippen LogP contribution in [0.4, 0.5) is 9.59 Å². The molecule has 0 aliphatic heterocycles. The number of nitrogens with one attached hydrogen (secondary N) is 2. The molecule has 6 atom stereocenters. The summed E-state index contributed by atoms with van der Waals surface area (Å²) < 4.78 is 4.87. The molecule has 75 heavy (non-hydrogen) atoms. The molecule has 4 heterocycles. The quantitative estimate of drug-likeness (QED) is 0.155. The minimum absolute atomic E-state index is 0.113. The zero-order chi connectivity index (χ0) is 55.7. The van der Waals surface area contributed by atoms with Gasteiger partial charge in [0.25, 0.3) is 0 Å². The first kappa shape index (κ1) is 56.4. The number of rotatable bonds is 10. The van der Waals surface area contributed by atoms with Gasteiger partial charge in [0.05, 0.1) is 17.1 Å². The third-order valence-electron chi connectivity index (χ3n) is 16.1. The van der Waals surface area contributed by atoms with Crippen LogP contribution in [0.3, 0.4) is 0 Å². The molecule has 3 fully saturated rings. The van der Waals surface area contributed by atoms with Crippen LogP contribution in [-0.2, 0) is 0 Å². The summed E-state index contributed by atoms with van der Waals surface area (Å²) in [5.41, 5.74) is -4.11. The molecule has 0 saturated heterocycles. The summed E-state index contributed by atoms with van der Waals surface area (Å²) in [5, 5.41) is 18.9. The topological polar surface area (TPSA) is 246 Å². The first-order valence-corrected chi connectivity index (χ1v) is 26.4. The van der Waals surface area contributed by atoms with Crippen LogP contribution in [0.25, 0.3) is 0 Å². The van der Waals surface area contributed by atoms with Crippen LogP contribution in [0.5, 0.6) is 0 Å². The van der Waals surface area contributed by atoms with E-state index in [0.29, 0.717) is 73.5 Å². The lowest BCUT2D eigenvalue weighted by Gasteiger charge is -2.46. The number of aryl methyl sites for hydroxylation is 6. The molecule has 3 aliphatic carbocycles. The molecule has 3 aliphatic rings. The summed E-state index contributed by atoms with van der Waals surface area (Å²) in [5.74, 6) is -6.10. The Labute approximate surface area is 438 Å². The smallest absolute Gasteiger partial charge is 0.336 e. The van der Waals surface area contributed by atoms with E-state index in [1.807, 2.05) is 68.4 Å². The number of aromatic nitrogens is 9. The Morgan fingerprint density at radius 3 is 1.07 bits per heavy atom. The summed E-state index contributed by atoms with van der Waals surface area (Å²) in [7, 11) is 0. The van der Waals surface area contributed by atoms with Crippen molar-refractivity contribution in [3.8, 4) is 0 Å². The van der Waals surface area contributed by atoms with Crippen molar-refractivity contribution in [2.75, 3.05) is 13.1 Å². The van der Waals surface area contributed by atoms with E-state index < -0.39 is 97.1 Å². The maximum atomic E-state index is 15.3. The van der Waals surface area contributed by atoms with Crippen molar-refractivity contribution in [2.45, 2.75) is 174 Å². The first-order valence-electron chi connectivity index (χ1n) is 26.4. The van der Waals surface area contributed by atoms with Gasteiger partial charge in [0.15, 0.2) is 0 Å². The average molecular weight is 1040 g/mol. The number of carbonyl (C=O) groups excluding carboxylic acids is 6. The molecule has 6 unspecified atom stereocenters. The van der Waals surface area contributed by atoms with Crippen molar-refractivity contribution >= 4 is 35.7 Å². The molecular formula is C55H79N11O9. The molecule has 3 saturated carbocycles. The number of nitrogens with zero attached hydrogens (tertiary/aromatic N) is 9. The van der Waals surface area contributed by atoms with Crippen LogP contribution in [0, 0.1) is 91.8 Å². The Morgan fingerprint density at radius 1 is 0.467 bits per heavy atom. The predicted octanol–water partition coefficient (Wildman–Crippen LogP) is 7.67. The molecule has 0 spiro atoms. The fourth-order valence-electron chi connectivity index (χ4n) is 14.3. The SMILES string of the molecule is Cc1cc(C)n(C(=O)CCC2(C)CC(C(=O)n3c(=O)n(C(=O)C4CC(C)(C)CC(C)(CNC(=O)n5nc(C)cc5C)C4)c(=O)n(C(=O)C4CC(C)(C)CC(C)(CNC(=O)n5nc(C)cc5C)C4)c3=O)CC(C)(C)C2)n1. The molecule has 0 radical (unpaired) electrons. The molecule has 4 aromatic heterocycles. The number of hydrogen-bond acceptors (Lipinski definition) is 12. The molecule has 0 aromatic carbocycles. The number of carbonyl (C=O) groups is 6. The number of hydrogen-bond donors (Lipinski definition) is 2. The monoisotopic (exact) mass is 1040 g/mol. The van der Waals surface area contributed by atoms with Gasteiger partial charge in [0, 0.05) is 54.3 Å². The van der Waals surface area contributed by atoms with E-state index in [1.165, 1.54) is 14.0 Å². The van der Waals surface area contributed by atoms with Crippen LogP contribution >= 0.6 is 0 Å². The van der Waals surface area contributed by atoms with Gasteiger partial charge in [-0.15, -0.1) is 0 Å². The highest BCUT2D eigenvalue weighted by molar-refractivity contribution is 5.87. The van der Waals surface area contributed by atoms with Crippen LogP contribution < -0.4 is 27.7 Å². The predicted molar refractivity (Wildman–Crippen MR) is 281 cm³/mol. The van der Waals surface area contributed by atoms with E-state index in [1.54, 1.807) is 53.7 Å². The molecule has 408 valence electrons. The van der Waals surface area contributed by atoms with E-state index in [-0.39, 0.29) is 63.9 Å². The highest BCUT2D eigenvalue weighted by atomic mass is 16.2. The van der Waals surface area contributed by atoms with Crippen molar-refractivity contribution in [3.63, 3.8) is 0 Å². The Morgan fingerprint density at radius 2 is 0.760 bits per heavy atom. The molecular weight excluding hydrogens is 959 g/mol. The maximum Gasteiger partial charge on any atom is 0.350 e. The van der Waals surface area contributed by atoms with E-state index in [0.717, 1.165) is 0 Å². The fraction of sp³-hybridized carbons (Fsp3) is 0.673. The maximum absolute atomic E-state index is 15.3. The summed E-state index contributed by atoms with van der Waals surface area (Å²) in [4.78, 5) is 131. The summed E-state index contributed by atoms with van der Waals surface area (Å²) >= 11 is 0. The van der Waals surface area contributed by atoms with E-state index in [4.69, 9.17) is 0 Å². The van der Waals surface area contributed by atoms with Gasteiger partial charge in [-0.1, -0.05) is 62.3 Å². The largest absolute Gasteiger partial charge is 0.350 e. The van der Waals surface area contributed by atoms with Crippen molar-refractivity contribution < 1.29 is 28.8 Å². The second-order valence-electron chi connectivity index (χ2n) is 26.4. The molecule has 20 nitrogen and oxygen atoms in total. The summed E-state index contributed by atoms with van der Waals surface area (Å²) in [6, 6.07) is 4.45. The van der Waals surface area contributed by atoms with Crippen LogP contribution in [0.1, 0.15) is 186 Å². The summed E-state index contributed by atoms with van der Waals surface area (Å²) in [6.45, 7) is 28.5. The molecule has 2 N–H and O–H groups in total. The normalized spacial score (nSPS) is 26.1. The highest BCUT2D eigenvalue weighted by Gasteiger charge is 2.49. The second-order valence-corrected chi connectivity index (χ2v) is 26.4. The Balaban J connectivity index is 1.27. The van der Waals surface area contributed by atoms with Gasteiger partial charge in [-0.05, 0) is 156 Å². The molecule has 0 bridgehead atoms. The van der Waals surface area contributed by atoms with Crippen molar-refractivity contribution in [3.05, 3.63) is 83.8 Å². The minimum atomic E-state index is -1.45. The van der Waals surface area contributed by atoms with Crippen molar-refractivity contribution in [2.24, 2.45) is 50.2 Å². The van der Waals surface area contributed by atoms with Crippen LogP contribution in [0.15, 0.2) is 32.6 Å². The lowest BCUT2D eigenvalue weighted by Crippen LogP contribution is -2.62. The van der Waals surface area contributed by atoms with Gasteiger partial charge >= 0.3 is 29.1 Å². The molecule has 2 amide bonds. The lowest BCUT2D eigenvalue weighted by molar-refractivity contribution is 0.0301. The minimum Gasteiger partial charge on any atom is -0.336 e. The van der Waals surface area contributed by atoms with Crippen LogP contribution in [0.2, 0.25) is 0 Å². The van der Waals surface area contributed by atoms with Gasteiger partial charge in [-0.3, -0.25) is 19.2 Å². The fourth-order valence-corrected chi connectivity index (χ4v) is 14.3. The summed E-state index contributed by atoms with van der Waals surface area (Å²) in [6.07, 6.45) is 3.25. The highest BCUT2D eigenvalue weighted by Crippen LogP contribution is 2.52. The van der Waals surface area contributed by atoms with Gasteiger partial charge < -0.3 is 10.6 Å². The van der Waals surface area contributed by atoms with Gasteiger partial charge in [-0.25, -0.2) is 28.7 Å². The van der Waals surface area contributed by atoms with E-state index in [9.17, 15) is 14.4 Å². The van der Waals surface area contributed by atoms with Gasteiger partial charge in [-0.2, -0.15) is 38.4 Å². The third kappa shape index (κ3) is 12.0. The zero-order valence-electron chi connectivity index (χ0n) is 46.9. The average Bonchev–Trinajstić information content (AvgIpc) is 3.93.